The number of halogens is 1. The van der Waals surface area contributed by atoms with Gasteiger partial charge in [0.15, 0.2) is 0 Å². The molecule has 0 bridgehead atoms. The summed E-state index contributed by atoms with van der Waals surface area (Å²) in [6.45, 7) is 2.04. The molecule has 0 aromatic heterocycles. The molecular weight excluding hydrogens is 406 g/mol. The van der Waals surface area contributed by atoms with Gasteiger partial charge in [-0.1, -0.05) is 12.1 Å². The lowest BCUT2D eigenvalue weighted by Gasteiger charge is -2.13. The highest BCUT2D eigenvalue weighted by atomic mass is 79.9. The third-order valence-electron chi connectivity index (χ3n) is 3.46. The van der Waals surface area contributed by atoms with Crippen LogP contribution in [0.5, 0.6) is 0 Å². The Hall–Kier alpha value is -1.90. The Morgan fingerprint density at radius 3 is 2.52 bits per heavy atom. The number of nitrogens with zero attached hydrogens (tertiary/aromatic N) is 1. The number of rotatable bonds is 6. The lowest BCUT2D eigenvalue weighted by atomic mass is 10.2. The van der Waals surface area contributed by atoms with Gasteiger partial charge < -0.3 is 10.6 Å². The van der Waals surface area contributed by atoms with Gasteiger partial charge in [0, 0.05) is 29.9 Å². The number of nitrogens with one attached hydrogen (secondary N) is 2. The van der Waals surface area contributed by atoms with Crippen LogP contribution in [0.4, 0.5) is 11.4 Å². The second kappa shape index (κ2) is 7.99. The maximum Gasteiger partial charge on any atom is 0.243 e. The van der Waals surface area contributed by atoms with Crippen LogP contribution in [-0.4, -0.2) is 39.3 Å². The molecule has 0 saturated heterocycles. The second-order valence-corrected chi connectivity index (χ2v) is 8.71. The first kappa shape index (κ1) is 19.4. The Kier molecular flexibility index (Phi) is 6.21. The van der Waals surface area contributed by atoms with E-state index >= 15 is 0 Å². The number of amides is 1. The van der Waals surface area contributed by atoms with Crippen molar-refractivity contribution < 1.29 is 13.2 Å². The van der Waals surface area contributed by atoms with Gasteiger partial charge in [0.2, 0.25) is 15.9 Å². The van der Waals surface area contributed by atoms with Crippen molar-refractivity contribution in [1.29, 1.82) is 0 Å². The highest BCUT2D eigenvalue weighted by Gasteiger charge is 2.17. The van der Waals surface area contributed by atoms with Crippen molar-refractivity contribution in [2.45, 2.75) is 11.8 Å². The van der Waals surface area contributed by atoms with Gasteiger partial charge in [-0.25, -0.2) is 12.7 Å². The topological polar surface area (TPSA) is 78.5 Å². The van der Waals surface area contributed by atoms with Gasteiger partial charge >= 0.3 is 0 Å². The summed E-state index contributed by atoms with van der Waals surface area (Å²) in [5.74, 6) is -0.271. The molecule has 0 saturated carbocycles. The lowest BCUT2D eigenvalue weighted by Crippen LogP contribution is -2.23. The first-order valence-electron chi connectivity index (χ1n) is 7.52. The Labute approximate surface area is 156 Å². The monoisotopic (exact) mass is 425 g/mol. The fourth-order valence-corrected chi connectivity index (χ4v) is 3.67. The fourth-order valence-electron chi connectivity index (χ4n) is 2.09. The summed E-state index contributed by atoms with van der Waals surface area (Å²) >= 11 is 3.44. The fraction of sp³-hybridized carbons (Fsp3) is 0.235. The van der Waals surface area contributed by atoms with E-state index in [2.05, 4.69) is 26.6 Å². The molecule has 0 aliphatic heterocycles. The number of sulfonamides is 1. The Morgan fingerprint density at radius 2 is 1.88 bits per heavy atom. The molecule has 0 heterocycles. The number of anilines is 2. The summed E-state index contributed by atoms with van der Waals surface area (Å²) in [6.07, 6.45) is 0. The van der Waals surface area contributed by atoms with Gasteiger partial charge in [-0.3, -0.25) is 4.79 Å². The molecular formula is C17H20BrN3O3S. The molecule has 25 heavy (non-hydrogen) atoms. The zero-order chi connectivity index (χ0) is 18.6. The Morgan fingerprint density at radius 1 is 1.16 bits per heavy atom. The average molecular weight is 426 g/mol. The minimum Gasteiger partial charge on any atom is -0.375 e. The van der Waals surface area contributed by atoms with Gasteiger partial charge in [0.05, 0.1) is 11.4 Å². The first-order valence-corrected chi connectivity index (χ1v) is 9.76. The molecule has 0 unspecified atom stereocenters. The van der Waals surface area contributed by atoms with Gasteiger partial charge in [-0.15, -0.1) is 0 Å². The van der Waals surface area contributed by atoms with E-state index in [0.717, 1.165) is 20.0 Å². The molecule has 134 valence electrons. The van der Waals surface area contributed by atoms with Crippen LogP contribution in [0.2, 0.25) is 0 Å². The quantitative estimate of drug-likeness (QED) is 0.745. The molecule has 0 atom stereocenters. The summed E-state index contributed by atoms with van der Waals surface area (Å²) in [7, 11) is -0.615. The number of benzene rings is 2. The van der Waals surface area contributed by atoms with Crippen LogP contribution in [0.3, 0.4) is 0 Å². The molecule has 0 aliphatic carbocycles. The molecule has 0 spiro atoms. The highest BCUT2D eigenvalue weighted by molar-refractivity contribution is 9.10. The summed E-state index contributed by atoms with van der Waals surface area (Å²) < 4.78 is 26.3. The van der Waals surface area contributed by atoms with Crippen molar-refractivity contribution in [2.24, 2.45) is 0 Å². The minimum absolute atomic E-state index is 0.0618. The van der Waals surface area contributed by atoms with E-state index in [9.17, 15) is 13.2 Å². The molecule has 0 radical (unpaired) electrons. The number of carbonyl (C=O) groups excluding carboxylic acids is 1. The molecule has 2 rings (SSSR count). The van der Waals surface area contributed by atoms with Crippen LogP contribution >= 0.6 is 15.9 Å². The lowest BCUT2D eigenvalue weighted by molar-refractivity contribution is -0.114. The standard InChI is InChI=1S/C17H20BrN3O3S/c1-12-7-8-16(15(18)9-12)19-11-17(22)20-13-5-4-6-14(10-13)25(23,24)21(2)3/h4-10,19H,11H2,1-3H3,(H,20,22). The van der Waals surface area contributed by atoms with Crippen molar-refractivity contribution >= 4 is 43.2 Å². The summed E-state index contributed by atoms with van der Waals surface area (Å²) in [5.41, 5.74) is 2.35. The van der Waals surface area contributed by atoms with Crippen molar-refractivity contribution in [3.05, 3.63) is 52.5 Å². The third kappa shape index (κ3) is 5.04. The van der Waals surface area contributed by atoms with Crippen LogP contribution in [0.15, 0.2) is 51.8 Å². The van der Waals surface area contributed by atoms with Crippen molar-refractivity contribution in [2.75, 3.05) is 31.3 Å². The van der Waals surface area contributed by atoms with Crippen LogP contribution < -0.4 is 10.6 Å². The molecule has 1 amide bonds. The van der Waals surface area contributed by atoms with Gasteiger partial charge in [0.25, 0.3) is 0 Å². The summed E-state index contributed by atoms with van der Waals surface area (Å²) in [6, 6.07) is 12.0. The van der Waals surface area contributed by atoms with Crippen molar-refractivity contribution in [3.63, 3.8) is 0 Å². The summed E-state index contributed by atoms with van der Waals surface area (Å²) in [4.78, 5) is 12.2. The van der Waals surface area contributed by atoms with E-state index in [4.69, 9.17) is 0 Å². The predicted molar refractivity (Wildman–Crippen MR) is 103 cm³/mol. The van der Waals surface area contributed by atoms with Crippen LogP contribution in [0.25, 0.3) is 0 Å². The highest BCUT2D eigenvalue weighted by Crippen LogP contribution is 2.23. The molecule has 2 aromatic rings. The van der Waals surface area contributed by atoms with E-state index in [-0.39, 0.29) is 17.3 Å². The Bertz CT molecular complexity index is 882. The largest absolute Gasteiger partial charge is 0.375 e. The molecule has 0 fully saturated rings. The van der Waals surface area contributed by atoms with E-state index in [1.807, 2.05) is 25.1 Å². The number of hydrogen-bond donors (Lipinski definition) is 2. The van der Waals surface area contributed by atoms with Crippen molar-refractivity contribution in [1.82, 2.24) is 4.31 Å². The second-order valence-electron chi connectivity index (χ2n) is 5.70. The smallest absolute Gasteiger partial charge is 0.243 e. The molecule has 2 N–H and O–H groups in total. The predicted octanol–water partition coefficient (Wildman–Crippen LogP) is 3.06. The maximum atomic E-state index is 12.1. The molecule has 0 aliphatic rings. The number of carbonyl (C=O) groups is 1. The van der Waals surface area contributed by atoms with Gasteiger partial charge in [-0.2, -0.15) is 0 Å². The molecule has 8 heteroatoms. The minimum atomic E-state index is -3.54. The van der Waals surface area contributed by atoms with E-state index in [1.165, 1.54) is 26.2 Å². The molecule has 6 nitrogen and oxygen atoms in total. The molecule has 2 aromatic carbocycles. The zero-order valence-electron chi connectivity index (χ0n) is 14.2. The first-order chi connectivity index (χ1) is 11.7. The maximum absolute atomic E-state index is 12.1. The van der Waals surface area contributed by atoms with Crippen LogP contribution in [-0.2, 0) is 14.8 Å². The van der Waals surface area contributed by atoms with E-state index < -0.39 is 10.0 Å². The van der Waals surface area contributed by atoms with Gasteiger partial charge in [0.1, 0.15) is 0 Å². The van der Waals surface area contributed by atoms with E-state index in [0.29, 0.717) is 5.69 Å². The van der Waals surface area contributed by atoms with Gasteiger partial charge in [-0.05, 0) is 58.7 Å². The zero-order valence-corrected chi connectivity index (χ0v) is 16.6. The normalized spacial score (nSPS) is 11.4. The van der Waals surface area contributed by atoms with E-state index in [1.54, 1.807) is 12.1 Å². The summed E-state index contributed by atoms with van der Waals surface area (Å²) in [5, 5.41) is 5.73. The average Bonchev–Trinajstić information content (AvgIpc) is 2.54. The number of hydrogen-bond acceptors (Lipinski definition) is 4. The SMILES string of the molecule is Cc1ccc(NCC(=O)Nc2cccc(S(=O)(=O)N(C)C)c2)c(Br)c1. The third-order valence-corrected chi connectivity index (χ3v) is 5.93. The van der Waals surface area contributed by atoms with Crippen LogP contribution in [0, 0.1) is 6.92 Å². The number of aryl methyl sites for hydroxylation is 1. The Balaban J connectivity index is 2.03. The van der Waals surface area contributed by atoms with Crippen molar-refractivity contribution in [3.8, 4) is 0 Å². The van der Waals surface area contributed by atoms with Crippen LogP contribution in [0.1, 0.15) is 5.56 Å².